The first-order valence-electron chi connectivity index (χ1n) is 6.81. The standard InChI is InChI=1S/C15H14Cl2N2O2/c1-2-11-14(21-7-18-11)15(20)19-12-6-4-9-8(12)3-5-10(16)13(9)17/h3,5,7,12H,2,4,6H2,1H3,(H,19,20)/t12-/m0/s1. The van der Waals surface area contributed by atoms with Crippen LogP contribution >= 0.6 is 23.2 Å². The highest BCUT2D eigenvalue weighted by atomic mass is 35.5. The van der Waals surface area contributed by atoms with Gasteiger partial charge in [-0.25, -0.2) is 4.98 Å². The zero-order valence-electron chi connectivity index (χ0n) is 11.5. The summed E-state index contributed by atoms with van der Waals surface area (Å²) in [5.74, 6) is 0.0410. The molecule has 0 radical (unpaired) electrons. The van der Waals surface area contributed by atoms with Crippen molar-refractivity contribution in [3.8, 4) is 0 Å². The summed E-state index contributed by atoms with van der Waals surface area (Å²) in [4.78, 5) is 16.3. The maximum atomic E-state index is 12.3. The van der Waals surface area contributed by atoms with E-state index in [1.165, 1.54) is 6.39 Å². The second kappa shape index (κ2) is 5.70. The molecule has 1 heterocycles. The molecule has 1 N–H and O–H groups in total. The van der Waals surface area contributed by atoms with Crippen molar-refractivity contribution in [2.45, 2.75) is 32.2 Å². The van der Waals surface area contributed by atoms with Gasteiger partial charge in [0.05, 0.1) is 21.8 Å². The fourth-order valence-electron chi connectivity index (χ4n) is 2.71. The highest BCUT2D eigenvalue weighted by molar-refractivity contribution is 6.42. The lowest BCUT2D eigenvalue weighted by atomic mass is 10.1. The number of amides is 1. The molecular formula is C15H14Cl2N2O2. The van der Waals surface area contributed by atoms with Crippen LogP contribution in [-0.2, 0) is 12.8 Å². The van der Waals surface area contributed by atoms with Gasteiger partial charge in [0, 0.05) is 0 Å². The van der Waals surface area contributed by atoms with E-state index in [0.717, 1.165) is 24.0 Å². The smallest absolute Gasteiger partial charge is 0.289 e. The Morgan fingerprint density at radius 1 is 1.48 bits per heavy atom. The Bertz CT molecular complexity index is 697. The van der Waals surface area contributed by atoms with Gasteiger partial charge in [0.25, 0.3) is 5.91 Å². The molecule has 0 spiro atoms. The van der Waals surface area contributed by atoms with Gasteiger partial charge in [-0.2, -0.15) is 0 Å². The number of hydrogen-bond acceptors (Lipinski definition) is 3. The number of benzene rings is 1. The third-order valence-corrected chi connectivity index (χ3v) is 4.62. The average Bonchev–Trinajstić information content (AvgIpc) is 3.10. The molecule has 6 heteroatoms. The summed E-state index contributed by atoms with van der Waals surface area (Å²) in [5.41, 5.74) is 2.71. The number of hydrogen-bond donors (Lipinski definition) is 1. The molecule has 0 saturated carbocycles. The molecule has 1 aromatic heterocycles. The van der Waals surface area contributed by atoms with Crippen LogP contribution in [0.3, 0.4) is 0 Å². The van der Waals surface area contributed by atoms with Crippen molar-refractivity contribution in [3.63, 3.8) is 0 Å². The van der Waals surface area contributed by atoms with Crippen molar-refractivity contribution in [2.75, 3.05) is 0 Å². The van der Waals surface area contributed by atoms with E-state index in [4.69, 9.17) is 27.6 Å². The Kier molecular flexibility index (Phi) is 3.91. The van der Waals surface area contributed by atoms with E-state index in [9.17, 15) is 4.79 Å². The molecule has 0 bridgehead atoms. The van der Waals surface area contributed by atoms with Crippen LogP contribution in [0.1, 0.15) is 46.8 Å². The van der Waals surface area contributed by atoms with Crippen LogP contribution in [0, 0.1) is 0 Å². The molecule has 0 fully saturated rings. The molecule has 1 aliphatic rings. The molecule has 0 aliphatic heterocycles. The number of carbonyl (C=O) groups is 1. The monoisotopic (exact) mass is 324 g/mol. The lowest BCUT2D eigenvalue weighted by molar-refractivity contribution is 0.0907. The van der Waals surface area contributed by atoms with Crippen molar-refractivity contribution in [1.82, 2.24) is 10.3 Å². The Morgan fingerprint density at radius 2 is 2.29 bits per heavy atom. The second-order valence-corrected chi connectivity index (χ2v) is 5.76. The number of aryl methyl sites for hydroxylation is 1. The van der Waals surface area contributed by atoms with Gasteiger partial charge >= 0.3 is 0 Å². The highest BCUT2D eigenvalue weighted by Crippen LogP contribution is 2.39. The number of rotatable bonds is 3. The van der Waals surface area contributed by atoms with Gasteiger partial charge in [0.2, 0.25) is 5.76 Å². The maximum absolute atomic E-state index is 12.3. The number of nitrogens with zero attached hydrogens (tertiary/aromatic N) is 1. The number of nitrogens with one attached hydrogen (secondary N) is 1. The van der Waals surface area contributed by atoms with Crippen LogP contribution in [0.15, 0.2) is 22.9 Å². The Morgan fingerprint density at radius 3 is 3.05 bits per heavy atom. The lowest BCUT2D eigenvalue weighted by Crippen LogP contribution is -2.27. The summed E-state index contributed by atoms with van der Waals surface area (Å²) >= 11 is 12.2. The molecule has 1 amide bonds. The van der Waals surface area contributed by atoms with Gasteiger partial charge < -0.3 is 9.73 Å². The van der Waals surface area contributed by atoms with Crippen LogP contribution in [0.5, 0.6) is 0 Å². The fraction of sp³-hybridized carbons (Fsp3) is 0.333. The minimum absolute atomic E-state index is 0.0722. The molecule has 3 rings (SSSR count). The SMILES string of the molecule is CCc1ncoc1C(=O)N[C@H]1CCc2c1ccc(Cl)c2Cl. The minimum Gasteiger partial charge on any atom is -0.438 e. The zero-order chi connectivity index (χ0) is 15.0. The largest absolute Gasteiger partial charge is 0.438 e. The first kappa shape index (κ1) is 14.4. The first-order valence-corrected chi connectivity index (χ1v) is 7.57. The fourth-order valence-corrected chi connectivity index (χ4v) is 3.16. The number of oxazole rings is 1. The number of fused-ring (bicyclic) bond motifs is 1. The van der Waals surface area contributed by atoms with E-state index in [1.807, 2.05) is 13.0 Å². The summed E-state index contributed by atoms with van der Waals surface area (Å²) < 4.78 is 5.19. The average molecular weight is 325 g/mol. The van der Waals surface area contributed by atoms with Gasteiger partial charge in [-0.15, -0.1) is 0 Å². The van der Waals surface area contributed by atoms with E-state index in [-0.39, 0.29) is 17.7 Å². The van der Waals surface area contributed by atoms with Crippen molar-refractivity contribution in [3.05, 3.63) is 51.2 Å². The summed E-state index contributed by atoms with van der Waals surface area (Å²) in [6.07, 6.45) is 3.56. The molecular weight excluding hydrogens is 311 g/mol. The van der Waals surface area contributed by atoms with Crippen molar-refractivity contribution in [2.24, 2.45) is 0 Å². The molecule has 110 valence electrons. The minimum atomic E-state index is -0.242. The summed E-state index contributed by atoms with van der Waals surface area (Å²) in [7, 11) is 0. The summed E-state index contributed by atoms with van der Waals surface area (Å²) in [6.45, 7) is 1.93. The molecule has 1 aliphatic carbocycles. The van der Waals surface area contributed by atoms with Crippen LogP contribution in [0.2, 0.25) is 10.0 Å². The quantitative estimate of drug-likeness (QED) is 0.929. The van der Waals surface area contributed by atoms with Crippen molar-refractivity contribution >= 4 is 29.1 Å². The zero-order valence-corrected chi connectivity index (χ0v) is 13.0. The predicted molar refractivity (Wildman–Crippen MR) is 80.9 cm³/mol. The van der Waals surface area contributed by atoms with Gasteiger partial charge in [-0.05, 0) is 36.5 Å². The van der Waals surface area contributed by atoms with E-state index < -0.39 is 0 Å². The lowest BCUT2D eigenvalue weighted by Gasteiger charge is -2.14. The summed E-state index contributed by atoms with van der Waals surface area (Å²) in [6, 6.07) is 3.61. The second-order valence-electron chi connectivity index (χ2n) is 4.98. The molecule has 0 unspecified atom stereocenters. The molecule has 4 nitrogen and oxygen atoms in total. The normalized spacial score (nSPS) is 16.8. The molecule has 1 atom stereocenters. The molecule has 2 aromatic rings. The third kappa shape index (κ3) is 2.54. The van der Waals surface area contributed by atoms with Gasteiger partial charge in [0.15, 0.2) is 6.39 Å². The van der Waals surface area contributed by atoms with Gasteiger partial charge in [0.1, 0.15) is 0 Å². The van der Waals surface area contributed by atoms with Crippen molar-refractivity contribution < 1.29 is 9.21 Å². The van der Waals surface area contributed by atoms with Crippen LogP contribution in [0.4, 0.5) is 0 Å². The Labute approximate surface area is 132 Å². The molecule has 1 aromatic carbocycles. The Hall–Kier alpha value is -1.52. The van der Waals surface area contributed by atoms with E-state index in [0.29, 0.717) is 22.2 Å². The Balaban J connectivity index is 1.83. The van der Waals surface area contributed by atoms with Gasteiger partial charge in [-0.3, -0.25) is 4.79 Å². The van der Waals surface area contributed by atoms with Crippen LogP contribution < -0.4 is 5.32 Å². The number of carbonyl (C=O) groups excluding carboxylic acids is 1. The summed E-state index contributed by atoms with van der Waals surface area (Å²) in [5, 5.41) is 4.11. The predicted octanol–water partition coefficient (Wildman–Crippen LogP) is 3.96. The van der Waals surface area contributed by atoms with E-state index in [2.05, 4.69) is 10.3 Å². The number of halogens is 2. The van der Waals surface area contributed by atoms with Crippen molar-refractivity contribution in [1.29, 1.82) is 0 Å². The van der Waals surface area contributed by atoms with Crippen LogP contribution in [0.25, 0.3) is 0 Å². The van der Waals surface area contributed by atoms with Crippen LogP contribution in [-0.4, -0.2) is 10.9 Å². The topological polar surface area (TPSA) is 55.1 Å². The first-order chi connectivity index (χ1) is 10.1. The van der Waals surface area contributed by atoms with Gasteiger partial charge in [-0.1, -0.05) is 36.2 Å². The van der Waals surface area contributed by atoms with E-state index in [1.54, 1.807) is 6.07 Å². The molecule has 21 heavy (non-hydrogen) atoms. The molecule has 0 saturated heterocycles. The highest BCUT2D eigenvalue weighted by Gasteiger charge is 2.28. The van der Waals surface area contributed by atoms with E-state index >= 15 is 0 Å². The maximum Gasteiger partial charge on any atom is 0.289 e. The number of aromatic nitrogens is 1. The third-order valence-electron chi connectivity index (χ3n) is 3.78.